The molecule has 0 spiro atoms. The summed E-state index contributed by atoms with van der Waals surface area (Å²) in [6.07, 6.45) is 4.05. The number of hydrogen-bond donors (Lipinski definition) is 1. The topological polar surface area (TPSA) is 32.7 Å². The summed E-state index contributed by atoms with van der Waals surface area (Å²) >= 11 is 0. The molecule has 0 radical (unpaired) electrons. The van der Waals surface area contributed by atoms with Crippen LogP contribution in [0.3, 0.4) is 0 Å². The Kier molecular flexibility index (Phi) is 3.06. The van der Waals surface area contributed by atoms with Gasteiger partial charge in [0.1, 0.15) is 5.75 Å². The van der Waals surface area contributed by atoms with Gasteiger partial charge in [-0.15, -0.1) is 0 Å². The maximum absolute atomic E-state index is 11.1. The van der Waals surface area contributed by atoms with E-state index in [1.165, 1.54) is 18.4 Å². The van der Waals surface area contributed by atoms with Crippen molar-refractivity contribution in [2.45, 2.75) is 50.3 Å². The molecule has 3 rings (SSSR count). The van der Waals surface area contributed by atoms with Crippen molar-refractivity contribution in [3.63, 3.8) is 0 Å². The summed E-state index contributed by atoms with van der Waals surface area (Å²) in [6.45, 7) is 2.05. The molecule has 0 amide bonds. The number of methoxy groups -OCH3 is 1. The van der Waals surface area contributed by atoms with E-state index in [-0.39, 0.29) is 0 Å². The molecule has 2 aliphatic heterocycles. The first-order valence-electron chi connectivity index (χ1n) is 7.13. The van der Waals surface area contributed by atoms with Crippen molar-refractivity contribution in [3.05, 3.63) is 29.3 Å². The highest BCUT2D eigenvalue weighted by molar-refractivity contribution is 5.41. The molecule has 1 N–H and O–H groups in total. The van der Waals surface area contributed by atoms with Gasteiger partial charge in [-0.1, -0.05) is 12.1 Å². The number of piperidine rings is 1. The molecule has 104 valence electrons. The van der Waals surface area contributed by atoms with Crippen molar-refractivity contribution in [2.24, 2.45) is 0 Å². The fourth-order valence-electron chi connectivity index (χ4n) is 3.85. The van der Waals surface area contributed by atoms with Gasteiger partial charge in [0.25, 0.3) is 0 Å². The Balaban J connectivity index is 1.97. The zero-order valence-electron chi connectivity index (χ0n) is 12.0. The van der Waals surface area contributed by atoms with Crippen molar-refractivity contribution >= 4 is 0 Å². The van der Waals surface area contributed by atoms with E-state index >= 15 is 0 Å². The predicted octanol–water partition coefficient (Wildman–Crippen LogP) is 2.45. The minimum absolute atomic E-state index is 0.509. The third-order valence-corrected chi connectivity index (χ3v) is 4.99. The molecule has 2 saturated heterocycles. The molecule has 2 atom stereocenters. The van der Waals surface area contributed by atoms with Gasteiger partial charge < -0.3 is 14.7 Å². The lowest BCUT2D eigenvalue weighted by Gasteiger charge is -2.42. The molecule has 2 bridgehead atoms. The Morgan fingerprint density at radius 2 is 1.89 bits per heavy atom. The van der Waals surface area contributed by atoms with Crippen molar-refractivity contribution in [1.82, 2.24) is 4.90 Å². The quantitative estimate of drug-likeness (QED) is 0.887. The van der Waals surface area contributed by atoms with Crippen LogP contribution in [0, 0.1) is 6.92 Å². The van der Waals surface area contributed by atoms with E-state index in [0.29, 0.717) is 12.1 Å². The van der Waals surface area contributed by atoms with Crippen LogP contribution in [-0.4, -0.2) is 36.2 Å². The lowest BCUT2D eigenvalue weighted by atomic mass is 9.80. The van der Waals surface area contributed by atoms with Gasteiger partial charge in [0.05, 0.1) is 12.7 Å². The van der Waals surface area contributed by atoms with Gasteiger partial charge in [0, 0.05) is 17.6 Å². The number of ether oxygens (including phenoxy) is 1. The molecular weight excluding hydrogens is 238 g/mol. The van der Waals surface area contributed by atoms with Crippen molar-refractivity contribution in [2.75, 3.05) is 14.2 Å². The fourth-order valence-corrected chi connectivity index (χ4v) is 3.85. The molecule has 3 nitrogen and oxygen atoms in total. The van der Waals surface area contributed by atoms with Gasteiger partial charge in [0.15, 0.2) is 0 Å². The van der Waals surface area contributed by atoms with E-state index < -0.39 is 5.60 Å². The molecule has 2 heterocycles. The van der Waals surface area contributed by atoms with Crippen LogP contribution >= 0.6 is 0 Å². The Bertz CT molecular complexity index is 472. The van der Waals surface area contributed by atoms with Gasteiger partial charge >= 0.3 is 0 Å². The number of rotatable bonds is 2. The molecule has 3 heteroatoms. The monoisotopic (exact) mass is 261 g/mol. The SMILES string of the molecule is COc1cc(C)ccc1C1(O)CC2CCC(C1)N2C. The largest absolute Gasteiger partial charge is 0.496 e. The van der Waals surface area contributed by atoms with Crippen LogP contribution in [0.1, 0.15) is 36.8 Å². The number of benzene rings is 1. The van der Waals surface area contributed by atoms with E-state index in [2.05, 4.69) is 24.9 Å². The zero-order valence-corrected chi connectivity index (χ0v) is 12.0. The molecular formula is C16H23NO2. The minimum atomic E-state index is -0.725. The Labute approximate surface area is 115 Å². The van der Waals surface area contributed by atoms with E-state index in [9.17, 15) is 5.11 Å². The molecule has 1 aromatic carbocycles. The van der Waals surface area contributed by atoms with Crippen LogP contribution in [-0.2, 0) is 5.60 Å². The number of hydrogen-bond acceptors (Lipinski definition) is 3. The minimum Gasteiger partial charge on any atom is -0.496 e. The van der Waals surface area contributed by atoms with Gasteiger partial charge in [-0.2, -0.15) is 0 Å². The highest BCUT2D eigenvalue weighted by Gasteiger charge is 2.47. The smallest absolute Gasteiger partial charge is 0.125 e. The van der Waals surface area contributed by atoms with Crippen LogP contribution in [0.15, 0.2) is 18.2 Å². The highest BCUT2D eigenvalue weighted by atomic mass is 16.5. The lowest BCUT2D eigenvalue weighted by Crippen LogP contribution is -2.47. The average Bonchev–Trinajstić information content (AvgIpc) is 2.62. The molecule has 1 aromatic rings. The fraction of sp³-hybridized carbons (Fsp3) is 0.625. The van der Waals surface area contributed by atoms with Crippen molar-refractivity contribution < 1.29 is 9.84 Å². The number of fused-ring (bicyclic) bond motifs is 2. The Hall–Kier alpha value is -1.06. The van der Waals surface area contributed by atoms with Gasteiger partial charge in [0.2, 0.25) is 0 Å². The van der Waals surface area contributed by atoms with Crippen LogP contribution < -0.4 is 4.74 Å². The number of aliphatic hydroxyl groups is 1. The summed E-state index contributed by atoms with van der Waals surface area (Å²) < 4.78 is 5.49. The van der Waals surface area contributed by atoms with Gasteiger partial charge in [-0.25, -0.2) is 0 Å². The molecule has 19 heavy (non-hydrogen) atoms. The molecule has 0 aliphatic carbocycles. The number of aryl methyl sites for hydroxylation is 1. The van der Waals surface area contributed by atoms with E-state index in [1.54, 1.807) is 7.11 Å². The van der Waals surface area contributed by atoms with Crippen LogP contribution in [0.5, 0.6) is 5.75 Å². The first-order chi connectivity index (χ1) is 9.03. The first kappa shape index (κ1) is 12.9. The second-order valence-electron chi connectivity index (χ2n) is 6.19. The molecule has 2 fully saturated rings. The normalized spacial score (nSPS) is 34.5. The maximum Gasteiger partial charge on any atom is 0.125 e. The maximum atomic E-state index is 11.1. The van der Waals surface area contributed by atoms with Gasteiger partial charge in [-0.3, -0.25) is 0 Å². The summed E-state index contributed by atoms with van der Waals surface area (Å²) in [5, 5.41) is 11.1. The van der Waals surface area contributed by atoms with E-state index in [1.807, 2.05) is 12.1 Å². The van der Waals surface area contributed by atoms with Crippen LogP contribution in [0.2, 0.25) is 0 Å². The summed E-state index contributed by atoms with van der Waals surface area (Å²) in [6, 6.07) is 7.15. The molecule has 2 unspecified atom stereocenters. The predicted molar refractivity (Wildman–Crippen MR) is 75.4 cm³/mol. The van der Waals surface area contributed by atoms with Gasteiger partial charge in [-0.05, 0) is 51.3 Å². The number of nitrogens with zero attached hydrogens (tertiary/aromatic N) is 1. The molecule has 2 aliphatic rings. The third-order valence-electron chi connectivity index (χ3n) is 4.99. The van der Waals surface area contributed by atoms with Crippen LogP contribution in [0.4, 0.5) is 0 Å². The van der Waals surface area contributed by atoms with Crippen LogP contribution in [0.25, 0.3) is 0 Å². The van der Waals surface area contributed by atoms with Crippen molar-refractivity contribution in [3.8, 4) is 5.75 Å². The Morgan fingerprint density at radius 1 is 1.26 bits per heavy atom. The summed E-state index contributed by atoms with van der Waals surface area (Å²) in [4.78, 5) is 2.44. The summed E-state index contributed by atoms with van der Waals surface area (Å²) in [5.74, 6) is 0.825. The summed E-state index contributed by atoms with van der Waals surface area (Å²) in [5.41, 5.74) is 1.41. The molecule has 0 aromatic heterocycles. The zero-order chi connectivity index (χ0) is 13.6. The molecule has 0 saturated carbocycles. The second kappa shape index (κ2) is 4.50. The van der Waals surface area contributed by atoms with Crippen molar-refractivity contribution in [1.29, 1.82) is 0 Å². The third kappa shape index (κ3) is 2.05. The van der Waals surface area contributed by atoms with E-state index in [0.717, 1.165) is 24.2 Å². The first-order valence-corrected chi connectivity index (χ1v) is 7.13. The Morgan fingerprint density at radius 3 is 2.47 bits per heavy atom. The standard InChI is InChI=1S/C16H23NO2/c1-11-4-7-14(15(8-11)19-3)16(18)9-12-5-6-13(10-16)17(12)2/h4,7-8,12-13,18H,5-6,9-10H2,1-3H3. The highest BCUT2D eigenvalue weighted by Crippen LogP contribution is 2.47. The second-order valence-corrected chi connectivity index (χ2v) is 6.19. The van der Waals surface area contributed by atoms with E-state index in [4.69, 9.17) is 4.74 Å². The lowest BCUT2D eigenvalue weighted by molar-refractivity contribution is -0.0506. The average molecular weight is 261 g/mol. The summed E-state index contributed by atoms with van der Waals surface area (Å²) in [7, 11) is 3.87.